The molecule has 0 aliphatic carbocycles. The van der Waals surface area contributed by atoms with E-state index >= 15 is 4.39 Å². The standard InChI is InChI=1S/C34H33F3N6O/c1-4-24-27(36)11-8-20-6-5-7-25(28(20)24)30-29(37)31-26(15-38-30)32(43-16-22-9-10-23(17-43)39-22)41-33(40-31)44-19-34(2)18-42(3)13-12-21(34)14-35/h1,5-8,11,14-15,22-23,39H,9-10,12-13,16-19H2,2-3H3/b21-14+/t22-,23+,34-/m0/s1. The van der Waals surface area contributed by atoms with Gasteiger partial charge in [-0.2, -0.15) is 9.97 Å². The van der Waals surface area contributed by atoms with Crippen LogP contribution < -0.4 is 15.0 Å². The Labute approximate surface area is 254 Å². The number of nitrogens with zero attached hydrogens (tertiary/aromatic N) is 5. The van der Waals surface area contributed by atoms with Crippen molar-refractivity contribution < 1.29 is 17.9 Å². The van der Waals surface area contributed by atoms with Crippen LogP contribution in [0.3, 0.4) is 0 Å². The van der Waals surface area contributed by atoms with Crippen LogP contribution >= 0.6 is 0 Å². The molecule has 44 heavy (non-hydrogen) atoms. The van der Waals surface area contributed by atoms with Crippen molar-refractivity contribution in [2.24, 2.45) is 5.41 Å². The van der Waals surface area contributed by atoms with Crippen LogP contribution in [0.15, 0.2) is 48.4 Å². The number of anilines is 1. The Hall–Kier alpha value is -4.20. The Morgan fingerprint density at radius 2 is 1.95 bits per heavy atom. The Kier molecular flexibility index (Phi) is 7.18. The summed E-state index contributed by atoms with van der Waals surface area (Å²) in [6, 6.07) is 8.78. The molecular weight excluding hydrogens is 565 g/mol. The SMILES string of the molecule is C#Cc1c(F)ccc2cccc(-c3ncc4c(N5C[C@H]6CC[C@@H](C5)N6)nc(OC[C@]5(C)CN(C)CC/C5=C\F)nc4c3F)c12. The van der Waals surface area contributed by atoms with Crippen LogP contribution in [0.1, 0.15) is 31.7 Å². The Morgan fingerprint density at radius 3 is 2.70 bits per heavy atom. The fraction of sp³-hybridized carbons (Fsp3) is 0.382. The quantitative estimate of drug-likeness (QED) is 0.299. The fourth-order valence-corrected chi connectivity index (χ4v) is 7.12. The molecule has 2 aromatic carbocycles. The van der Waals surface area contributed by atoms with Crippen molar-refractivity contribution >= 4 is 27.5 Å². The van der Waals surface area contributed by atoms with Gasteiger partial charge in [-0.3, -0.25) is 4.98 Å². The molecule has 3 atom stereocenters. The van der Waals surface area contributed by atoms with Gasteiger partial charge in [0.15, 0.2) is 5.82 Å². The molecule has 1 N–H and O–H groups in total. The number of aromatic nitrogens is 3. The van der Waals surface area contributed by atoms with Gasteiger partial charge in [0.2, 0.25) is 0 Å². The van der Waals surface area contributed by atoms with E-state index in [0.717, 1.165) is 19.4 Å². The third-order valence-electron chi connectivity index (χ3n) is 9.36. The van der Waals surface area contributed by atoms with Gasteiger partial charge in [-0.25, -0.2) is 13.2 Å². The Balaban J connectivity index is 1.36. The van der Waals surface area contributed by atoms with E-state index in [1.165, 1.54) is 6.07 Å². The number of halogens is 3. The molecule has 0 amide bonds. The summed E-state index contributed by atoms with van der Waals surface area (Å²) in [5.41, 5.74) is 0.529. The zero-order valence-corrected chi connectivity index (χ0v) is 24.7. The molecule has 2 aromatic heterocycles. The van der Waals surface area contributed by atoms with Crippen molar-refractivity contribution in [2.75, 3.05) is 44.7 Å². The zero-order chi connectivity index (χ0) is 30.6. The van der Waals surface area contributed by atoms with Gasteiger partial charge in [0.1, 0.15) is 29.5 Å². The summed E-state index contributed by atoms with van der Waals surface area (Å²) in [5.74, 6) is 1.73. The number of terminal acetylenes is 1. The number of piperidine rings is 1. The van der Waals surface area contributed by atoms with E-state index in [0.29, 0.717) is 77.6 Å². The van der Waals surface area contributed by atoms with E-state index in [1.807, 2.05) is 14.0 Å². The second-order valence-electron chi connectivity index (χ2n) is 12.5. The van der Waals surface area contributed by atoms with Crippen LogP contribution in [0.4, 0.5) is 19.0 Å². The van der Waals surface area contributed by atoms with E-state index in [4.69, 9.17) is 16.1 Å². The first-order chi connectivity index (χ1) is 21.3. The molecule has 7 nitrogen and oxygen atoms in total. The monoisotopic (exact) mass is 598 g/mol. The maximum Gasteiger partial charge on any atom is 0.319 e. The molecule has 3 aliphatic rings. The number of hydrogen-bond donors (Lipinski definition) is 1. The minimum Gasteiger partial charge on any atom is -0.462 e. The molecule has 226 valence electrons. The highest BCUT2D eigenvalue weighted by Crippen LogP contribution is 2.39. The van der Waals surface area contributed by atoms with Gasteiger partial charge in [0.25, 0.3) is 0 Å². The van der Waals surface area contributed by atoms with Gasteiger partial charge in [-0.1, -0.05) is 37.1 Å². The lowest BCUT2D eigenvalue weighted by atomic mass is 9.78. The summed E-state index contributed by atoms with van der Waals surface area (Å²) in [6.45, 7) is 4.84. The smallest absolute Gasteiger partial charge is 0.319 e. The van der Waals surface area contributed by atoms with Crippen molar-refractivity contribution in [3.8, 4) is 29.6 Å². The molecule has 4 aromatic rings. The lowest BCUT2D eigenvalue weighted by molar-refractivity contribution is 0.109. The van der Waals surface area contributed by atoms with E-state index in [-0.39, 0.29) is 29.4 Å². The number of rotatable bonds is 5. The molecule has 5 heterocycles. The number of piperazine rings is 1. The zero-order valence-electron chi connectivity index (χ0n) is 24.7. The van der Waals surface area contributed by atoms with Crippen LogP contribution in [-0.4, -0.2) is 71.8 Å². The molecule has 0 spiro atoms. The molecule has 0 radical (unpaired) electrons. The first-order valence-corrected chi connectivity index (χ1v) is 14.9. The molecule has 3 fully saturated rings. The van der Waals surface area contributed by atoms with Crippen LogP contribution in [0.2, 0.25) is 0 Å². The van der Waals surface area contributed by atoms with Crippen molar-refractivity contribution in [2.45, 2.75) is 38.3 Å². The summed E-state index contributed by atoms with van der Waals surface area (Å²) in [6.07, 6.45) is 10.7. The highest BCUT2D eigenvalue weighted by molar-refractivity contribution is 6.02. The maximum atomic E-state index is 16.7. The highest BCUT2D eigenvalue weighted by Gasteiger charge is 2.37. The van der Waals surface area contributed by atoms with Gasteiger partial charge in [-0.05, 0) is 43.3 Å². The Morgan fingerprint density at radius 1 is 1.16 bits per heavy atom. The van der Waals surface area contributed by atoms with Crippen LogP contribution in [0, 0.1) is 29.4 Å². The second-order valence-corrected chi connectivity index (χ2v) is 12.5. The van der Waals surface area contributed by atoms with Gasteiger partial charge in [0.05, 0.1) is 17.3 Å². The van der Waals surface area contributed by atoms with Crippen molar-refractivity contribution in [1.29, 1.82) is 0 Å². The number of benzene rings is 2. The largest absolute Gasteiger partial charge is 0.462 e. The summed E-state index contributed by atoms with van der Waals surface area (Å²) < 4.78 is 51.6. The Bertz CT molecular complexity index is 1840. The van der Waals surface area contributed by atoms with Gasteiger partial charge < -0.3 is 19.9 Å². The maximum absolute atomic E-state index is 16.7. The highest BCUT2D eigenvalue weighted by atomic mass is 19.1. The third kappa shape index (κ3) is 4.84. The molecule has 10 heteroatoms. The predicted octanol–water partition coefficient (Wildman–Crippen LogP) is 5.62. The van der Waals surface area contributed by atoms with E-state index < -0.39 is 17.0 Å². The van der Waals surface area contributed by atoms with Gasteiger partial charge in [0, 0.05) is 60.8 Å². The van der Waals surface area contributed by atoms with Crippen molar-refractivity contribution in [3.63, 3.8) is 0 Å². The van der Waals surface area contributed by atoms with E-state index in [9.17, 15) is 8.78 Å². The molecule has 7 rings (SSSR count). The summed E-state index contributed by atoms with van der Waals surface area (Å²) in [4.78, 5) is 18.2. The number of nitrogens with one attached hydrogen (secondary N) is 1. The normalized spacial score (nSPS) is 24.7. The summed E-state index contributed by atoms with van der Waals surface area (Å²) in [5, 5.41) is 5.15. The average molecular weight is 599 g/mol. The number of pyridine rings is 1. The molecule has 3 saturated heterocycles. The third-order valence-corrected chi connectivity index (χ3v) is 9.36. The molecular formula is C34H33F3N6O. The minimum absolute atomic E-state index is 0.00435. The van der Waals surface area contributed by atoms with Gasteiger partial charge in [-0.15, -0.1) is 6.42 Å². The lowest BCUT2D eigenvalue weighted by Gasteiger charge is -2.40. The minimum atomic E-state index is -0.679. The van der Waals surface area contributed by atoms with Crippen LogP contribution in [0.5, 0.6) is 6.01 Å². The fourth-order valence-electron chi connectivity index (χ4n) is 7.12. The summed E-state index contributed by atoms with van der Waals surface area (Å²) >= 11 is 0. The summed E-state index contributed by atoms with van der Waals surface area (Å²) in [7, 11) is 1.99. The average Bonchev–Trinajstić information content (AvgIpc) is 3.36. The topological polar surface area (TPSA) is 66.4 Å². The van der Waals surface area contributed by atoms with Crippen molar-refractivity contribution in [1.82, 2.24) is 25.2 Å². The second kappa shape index (κ2) is 11.1. The van der Waals surface area contributed by atoms with E-state index in [2.05, 4.69) is 31.0 Å². The van der Waals surface area contributed by atoms with Crippen LogP contribution in [0.25, 0.3) is 32.9 Å². The van der Waals surface area contributed by atoms with Crippen molar-refractivity contribution in [3.05, 3.63) is 65.6 Å². The molecule has 0 unspecified atom stereocenters. The number of hydrogen-bond acceptors (Lipinski definition) is 7. The first kappa shape index (κ1) is 28.6. The number of fused-ring (bicyclic) bond motifs is 4. The van der Waals surface area contributed by atoms with E-state index in [1.54, 1.807) is 30.5 Å². The predicted molar refractivity (Wildman–Crippen MR) is 165 cm³/mol. The molecule has 3 aliphatic heterocycles. The van der Waals surface area contributed by atoms with Gasteiger partial charge >= 0.3 is 6.01 Å². The first-order valence-electron chi connectivity index (χ1n) is 14.9. The molecule has 0 saturated carbocycles. The lowest BCUT2D eigenvalue weighted by Crippen LogP contribution is -2.51. The van der Waals surface area contributed by atoms with Crippen LogP contribution in [-0.2, 0) is 0 Å². The number of likely N-dealkylation sites (tertiary alicyclic amines) is 1. The number of ether oxygens (including phenoxy) is 1. The molecule has 2 bridgehead atoms.